The first-order valence-electron chi connectivity index (χ1n) is 3.91. The van der Waals surface area contributed by atoms with Gasteiger partial charge in [-0.25, -0.2) is 4.79 Å². The maximum atomic E-state index is 10.9. The Morgan fingerprint density at radius 1 is 1.54 bits per heavy atom. The highest BCUT2D eigenvalue weighted by Gasteiger charge is 2.18. The number of hydrogen-bond acceptors (Lipinski definition) is 4. The first-order chi connectivity index (χ1) is 6.15. The van der Waals surface area contributed by atoms with E-state index < -0.39 is 24.6 Å². The normalized spacial score (nSPS) is 11.6. The molecule has 6 heteroatoms. The van der Waals surface area contributed by atoms with E-state index in [0.717, 1.165) is 0 Å². The summed E-state index contributed by atoms with van der Waals surface area (Å²) in [5.74, 6) is -0.462. The minimum absolute atomic E-state index is 0.220. The minimum atomic E-state index is -0.955. The first kappa shape index (κ1) is 11.7. The zero-order valence-electron chi connectivity index (χ0n) is 7.66. The van der Waals surface area contributed by atoms with Crippen LogP contribution in [-0.2, 0) is 9.53 Å². The van der Waals surface area contributed by atoms with Gasteiger partial charge >= 0.3 is 6.09 Å². The summed E-state index contributed by atoms with van der Waals surface area (Å²) in [6, 6.07) is -0.955. The molecular weight excluding hydrogens is 176 g/mol. The van der Waals surface area contributed by atoms with Gasteiger partial charge in [0.05, 0.1) is 13.2 Å². The van der Waals surface area contributed by atoms with Crippen molar-refractivity contribution in [3.63, 3.8) is 0 Å². The van der Waals surface area contributed by atoms with Gasteiger partial charge in [0.15, 0.2) is 0 Å². The largest absolute Gasteiger partial charge is 0.450 e. The number of hydrogen-bond donors (Lipinski definition) is 3. The Balaban J connectivity index is 3.97. The van der Waals surface area contributed by atoms with Crippen molar-refractivity contribution in [2.45, 2.75) is 13.0 Å². The van der Waals surface area contributed by atoms with Crippen LogP contribution in [0.25, 0.3) is 0 Å². The fourth-order valence-corrected chi connectivity index (χ4v) is 0.683. The molecule has 0 fully saturated rings. The van der Waals surface area contributed by atoms with Crippen LogP contribution in [0.15, 0.2) is 0 Å². The molecule has 0 aliphatic rings. The predicted molar refractivity (Wildman–Crippen MR) is 45.1 cm³/mol. The molecule has 1 unspecified atom stereocenters. The molecule has 0 saturated heterocycles. The quantitative estimate of drug-likeness (QED) is 0.521. The van der Waals surface area contributed by atoms with Gasteiger partial charge in [-0.05, 0) is 6.92 Å². The Morgan fingerprint density at radius 3 is 2.54 bits per heavy atom. The van der Waals surface area contributed by atoms with Crippen molar-refractivity contribution < 1.29 is 19.4 Å². The number of ether oxygens (including phenoxy) is 1. The van der Waals surface area contributed by atoms with Crippen LogP contribution >= 0.6 is 0 Å². The molecule has 1 atom stereocenters. The summed E-state index contributed by atoms with van der Waals surface area (Å²) in [7, 11) is 1.41. The van der Waals surface area contributed by atoms with Crippen molar-refractivity contribution in [3.05, 3.63) is 0 Å². The first-order valence-corrected chi connectivity index (χ1v) is 3.91. The second-order valence-electron chi connectivity index (χ2n) is 2.21. The van der Waals surface area contributed by atoms with E-state index in [-0.39, 0.29) is 6.61 Å². The third-order valence-electron chi connectivity index (χ3n) is 1.31. The van der Waals surface area contributed by atoms with E-state index in [9.17, 15) is 9.59 Å². The minimum Gasteiger partial charge on any atom is -0.450 e. The summed E-state index contributed by atoms with van der Waals surface area (Å²) in [6.45, 7) is 1.41. The number of aliphatic hydroxyl groups is 1. The number of rotatable bonds is 4. The molecule has 0 spiro atoms. The van der Waals surface area contributed by atoms with Crippen LogP contribution in [0, 0.1) is 0 Å². The van der Waals surface area contributed by atoms with Gasteiger partial charge < -0.3 is 20.5 Å². The summed E-state index contributed by atoms with van der Waals surface area (Å²) in [5, 5.41) is 13.2. The van der Waals surface area contributed by atoms with Crippen LogP contribution in [0.4, 0.5) is 4.79 Å². The van der Waals surface area contributed by atoms with Gasteiger partial charge in [-0.1, -0.05) is 0 Å². The molecule has 0 aliphatic heterocycles. The zero-order chi connectivity index (χ0) is 10.3. The summed E-state index contributed by atoms with van der Waals surface area (Å²) in [4.78, 5) is 21.7. The van der Waals surface area contributed by atoms with E-state index >= 15 is 0 Å². The maximum Gasteiger partial charge on any atom is 0.407 e. The lowest BCUT2D eigenvalue weighted by atomic mass is 10.3. The van der Waals surface area contributed by atoms with Gasteiger partial charge in [0.2, 0.25) is 5.91 Å². The predicted octanol–water partition coefficient (Wildman–Crippen LogP) is -1.16. The third kappa shape index (κ3) is 4.32. The van der Waals surface area contributed by atoms with Crippen molar-refractivity contribution in [2.75, 3.05) is 20.3 Å². The fraction of sp³-hybridized carbons (Fsp3) is 0.714. The highest BCUT2D eigenvalue weighted by Crippen LogP contribution is 1.85. The zero-order valence-corrected chi connectivity index (χ0v) is 7.66. The molecule has 0 radical (unpaired) electrons. The number of likely N-dealkylation sites (N-methyl/N-ethyl adjacent to an activating group) is 1. The molecule has 0 aliphatic carbocycles. The van der Waals surface area contributed by atoms with Crippen LogP contribution in [0.1, 0.15) is 6.92 Å². The SMILES string of the molecule is CCOC(=O)NC(CO)C(=O)NC. The lowest BCUT2D eigenvalue weighted by Gasteiger charge is -2.13. The van der Waals surface area contributed by atoms with Crippen LogP contribution in [0.3, 0.4) is 0 Å². The molecule has 3 N–H and O–H groups in total. The monoisotopic (exact) mass is 190 g/mol. The molecule has 76 valence electrons. The highest BCUT2D eigenvalue weighted by atomic mass is 16.5. The van der Waals surface area contributed by atoms with Crippen molar-refractivity contribution in [3.8, 4) is 0 Å². The Kier molecular flexibility index (Phi) is 5.62. The van der Waals surface area contributed by atoms with Gasteiger partial charge in [0.1, 0.15) is 6.04 Å². The van der Waals surface area contributed by atoms with Crippen molar-refractivity contribution in [2.24, 2.45) is 0 Å². The standard InChI is InChI=1S/C7H14N2O4/c1-3-13-7(12)9-5(4-10)6(11)8-2/h5,10H,3-4H2,1-2H3,(H,8,11)(H,9,12). The van der Waals surface area contributed by atoms with Gasteiger partial charge in [-0.2, -0.15) is 0 Å². The molecule has 0 bridgehead atoms. The molecule has 0 aromatic rings. The number of aliphatic hydroxyl groups excluding tert-OH is 1. The lowest BCUT2D eigenvalue weighted by Crippen LogP contribution is -2.48. The summed E-state index contributed by atoms with van der Waals surface area (Å²) >= 11 is 0. The summed E-state index contributed by atoms with van der Waals surface area (Å²) < 4.78 is 4.53. The van der Waals surface area contributed by atoms with Crippen LogP contribution in [0.5, 0.6) is 0 Å². The van der Waals surface area contributed by atoms with Crippen molar-refractivity contribution >= 4 is 12.0 Å². The van der Waals surface area contributed by atoms with E-state index in [4.69, 9.17) is 5.11 Å². The van der Waals surface area contributed by atoms with Crippen LogP contribution < -0.4 is 10.6 Å². The Labute approximate surface area is 76.3 Å². The number of carbonyl (C=O) groups excluding carboxylic acids is 2. The van der Waals surface area contributed by atoms with E-state index in [1.54, 1.807) is 6.92 Å². The maximum absolute atomic E-state index is 10.9. The van der Waals surface area contributed by atoms with E-state index in [0.29, 0.717) is 0 Å². The van der Waals surface area contributed by atoms with Crippen molar-refractivity contribution in [1.29, 1.82) is 0 Å². The fourth-order valence-electron chi connectivity index (χ4n) is 0.683. The number of alkyl carbamates (subject to hydrolysis) is 1. The number of nitrogens with one attached hydrogen (secondary N) is 2. The summed E-state index contributed by atoms with van der Waals surface area (Å²) in [5.41, 5.74) is 0. The van der Waals surface area contributed by atoms with Gasteiger partial charge in [-0.15, -0.1) is 0 Å². The lowest BCUT2D eigenvalue weighted by molar-refractivity contribution is -0.123. The molecule has 0 aromatic heterocycles. The molecule has 0 rings (SSSR count). The highest BCUT2D eigenvalue weighted by molar-refractivity contribution is 5.85. The molecule has 0 heterocycles. The van der Waals surface area contributed by atoms with Gasteiger partial charge in [0.25, 0.3) is 0 Å². The molecule has 6 nitrogen and oxygen atoms in total. The second kappa shape index (κ2) is 6.24. The topological polar surface area (TPSA) is 87.7 Å². The average molecular weight is 190 g/mol. The molecule has 0 saturated carbocycles. The van der Waals surface area contributed by atoms with E-state index in [1.807, 2.05) is 0 Å². The molecule has 0 aromatic carbocycles. The smallest absolute Gasteiger partial charge is 0.407 e. The Morgan fingerprint density at radius 2 is 2.15 bits per heavy atom. The second-order valence-corrected chi connectivity index (χ2v) is 2.21. The summed E-state index contributed by atoms with van der Waals surface area (Å²) in [6.07, 6.45) is -0.717. The average Bonchev–Trinajstić information content (AvgIpc) is 2.13. The van der Waals surface area contributed by atoms with Gasteiger partial charge in [0, 0.05) is 7.05 Å². The Bertz CT molecular complexity index is 183. The molecular formula is C7H14N2O4. The van der Waals surface area contributed by atoms with E-state index in [1.165, 1.54) is 7.05 Å². The number of amides is 2. The third-order valence-corrected chi connectivity index (χ3v) is 1.31. The van der Waals surface area contributed by atoms with Crippen LogP contribution in [-0.4, -0.2) is 43.4 Å². The molecule has 2 amide bonds. The van der Waals surface area contributed by atoms with Gasteiger partial charge in [-0.3, -0.25) is 4.79 Å². The Hall–Kier alpha value is -1.30. The molecule has 13 heavy (non-hydrogen) atoms. The number of carbonyl (C=O) groups is 2. The van der Waals surface area contributed by atoms with Crippen LogP contribution in [0.2, 0.25) is 0 Å². The van der Waals surface area contributed by atoms with Crippen molar-refractivity contribution in [1.82, 2.24) is 10.6 Å². The van der Waals surface area contributed by atoms with E-state index in [2.05, 4.69) is 15.4 Å².